The first-order chi connectivity index (χ1) is 12.5. The molecule has 2 aromatic rings. The minimum Gasteiger partial charge on any atom is -0.406 e. The molecule has 2 aromatic carbocycles. The Kier molecular flexibility index (Phi) is 6.45. The van der Waals surface area contributed by atoms with Crippen LogP contribution >= 0.6 is 0 Å². The van der Waals surface area contributed by atoms with E-state index in [-0.39, 0.29) is 11.4 Å². The van der Waals surface area contributed by atoms with E-state index in [1.165, 1.54) is 18.2 Å². The molecule has 0 amide bonds. The van der Waals surface area contributed by atoms with Crippen LogP contribution in [-0.2, 0) is 10.0 Å². The summed E-state index contributed by atoms with van der Waals surface area (Å²) in [6, 6.07) is 9.19. The van der Waals surface area contributed by atoms with Crippen molar-refractivity contribution in [1.82, 2.24) is 9.62 Å². The normalized spacial score (nSPS) is 13.6. The fraction of sp³-hybridized carbons (Fsp3) is 0.294. The average Bonchev–Trinajstić information content (AvgIpc) is 2.53. The summed E-state index contributed by atoms with van der Waals surface area (Å²) in [5, 5.41) is 0. The van der Waals surface area contributed by atoms with Gasteiger partial charge in [0.25, 0.3) is 0 Å². The quantitative estimate of drug-likeness (QED) is 0.717. The van der Waals surface area contributed by atoms with Crippen molar-refractivity contribution in [3.8, 4) is 5.75 Å². The predicted molar refractivity (Wildman–Crippen MR) is 91.1 cm³/mol. The maximum atomic E-state index is 13.4. The maximum absolute atomic E-state index is 13.4. The van der Waals surface area contributed by atoms with Gasteiger partial charge in [0, 0.05) is 12.6 Å². The van der Waals surface area contributed by atoms with Crippen LogP contribution in [0.2, 0.25) is 0 Å². The minimum atomic E-state index is -4.86. The SMILES string of the molecule is CN(C)C(CNS(=O)(=O)c1ccc(OC(F)(F)F)cc1)c1cccc(F)c1. The molecule has 0 bridgehead atoms. The summed E-state index contributed by atoms with van der Waals surface area (Å²) in [6.45, 7) is -0.0560. The van der Waals surface area contributed by atoms with Gasteiger partial charge in [0.1, 0.15) is 11.6 Å². The number of nitrogens with zero attached hydrogens (tertiary/aromatic N) is 1. The third-order valence-electron chi connectivity index (χ3n) is 3.69. The lowest BCUT2D eigenvalue weighted by atomic mass is 10.1. The molecule has 148 valence electrons. The third-order valence-corrected chi connectivity index (χ3v) is 5.13. The van der Waals surface area contributed by atoms with Gasteiger partial charge in [-0.2, -0.15) is 0 Å². The fourth-order valence-corrected chi connectivity index (χ4v) is 3.44. The van der Waals surface area contributed by atoms with Gasteiger partial charge in [-0.1, -0.05) is 12.1 Å². The Labute approximate surface area is 154 Å². The molecule has 0 aliphatic heterocycles. The lowest BCUT2D eigenvalue weighted by Crippen LogP contribution is -2.34. The Bertz CT molecular complexity index is 868. The topological polar surface area (TPSA) is 58.6 Å². The predicted octanol–water partition coefficient (Wildman–Crippen LogP) is 3.31. The van der Waals surface area contributed by atoms with Crippen molar-refractivity contribution in [2.75, 3.05) is 20.6 Å². The summed E-state index contributed by atoms with van der Waals surface area (Å²) < 4.78 is 80.8. The Balaban J connectivity index is 2.12. The number of likely N-dealkylation sites (N-methyl/N-ethyl adjacent to an activating group) is 1. The molecule has 0 heterocycles. The van der Waals surface area contributed by atoms with Crippen LogP contribution in [0.4, 0.5) is 17.6 Å². The first kappa shape index (κ1) is 21.1. The number of ether oxygens (including phenoxy) is 1. The summed E-state index contributed by atoms with van der Waals surface area (Å²) >= 11 is 0. The van der Waals surface area contributed by atoms with Crippen LogP contribution in [0, 0.1) is 5.82 Å². The van der Waals surface area contributed by atoms with Crippen LogP contribution in [-0.4, -0.2) is 40.3 Å². The van der Waals surface area contributed by atoms with Gasteiger partial charge in [-0.3, -0.25) is 0 Å². The van der Waals surface area contributed by atoms with E-state index in [0.717, 1.165) is 24.3 Å². The lowest BCUT2D eigenvalue weighted by molar-refractivity contribution is -0.274. The highest BCUT2D eigenvalue weighted by molar-refractivity contribution is 7.89. The summed E-state index contributed by atoms with van der Waals surface area (Å²) in [7, 11) is -0.544. The van der Waals surface area contributed by atoms with Gasteiger partial charge >= 0.3 is 6.36 Å². The van der Waals surface area contributed by atoms with Crippen molar-refractivity contribution in [3.63, 3.8) is 0 Å². The standard InChI is InChI=1S/C17H18F4N2O3S/c1-23(2)16(12-4-3-5-13(18)10-12)11-22-27(24,25)15-8-6-14(7-9-15)26-17(19,20)21/h3-10,16,22H,11H2,1-2H3. The van der Waals surface area contributed by atoms with Crippen molar-refractivity contribution >= 4 is 10.0 Å². The van der Waals surface area contributed by atoms with Gasteiger partial charge in [0.15, 0.2) is 0 Å². The molecular formula is C17H18F4N2O3S. The molecule has 0 saturated heterocycles. The summed E-state index contributed by atoms with van der Waals surface area (Å²) in [6.07, 6.45) is -4.86. The molecular weight excluding hydrogens is 388 g/mol. The van der Waals surface area contributed by atoms with Crippen LogP contribution < -0.4 is 9.46 Å². The van der Waals surface area contributed by atoms with Gasteiger partial charge in [-0.05, 0) is 56.1 Å². The highest BCUT2D eigenvalue weighted by atomic mass is 32.2. The van der Waals surface area contributed by atoms with Crippen LogP contribution in [0.3, 0.4) is 0 Å². The van der Waals surface area contributed by atoms with Crippen LogP contribution in [0.15, 0.2) is 53.4 Å². The molecule has 0 aliphatic carbocycles. The molecule has 5 nitrogen and oxygen atoms in total. The smallest absolute Gasteiger partial charge is 0.406 e. The second kappa shape index (κ2) is 8.24. The number of halogens is 4. The fourth-order valence-electron chi connectivity index (χ4n) is 2.40. The molecule has 0 radical (unpaired) electrons. The van der Waals surface area contributed by atoms with Gasteiger partial charge in [0.05, 0.1) is 4.90 Å². The number of hydrogen-bond donors (Lipinski definition) is 1. The molecule has 2 rings (SSSR count). The number of rotatable bonds is 7. The van der Waals surface area contributed by atoms with Crippen LogP contribution in [0.25, 0.3) is 0 Å². The van der Waals surface area contributed by atoms with Crippen molar-refractivity contribution in [3.05, 3.63) is 59.9 Å². The number of benzene rings is 2. The van der Waals surface area contributed by atoms with E-state index >= 15 is 0 Å². The highest BCUT2D eigenvalue weighted by Gasteiger charge is 2.31. The summed E-state index contributed by atoms with van der Waals surface area (Å²) in [4.78, 5) is 1.51. The van der Waals surface area contributed by atoms with Gasteiger partial charge in [-0.25, -0.2) is 17.5 Å². The molecule has 10 heteroatoms. The van der Waals surface area contributed by atoms with Gasteiger partial charge in [0.2, 0.25) is 10.0 Å². The zero-order chi connectivity index (χ0) is 20.2. The first-order valence-corrected chi connectivity index (χ1v) is 9.23. The molecule has 27 heavy (non-hydrogen) atoms. The summed E-state index contributed by atoms with van der Waals surface area (Å²) in [5.74, 6) is -0.963. The number of alkyl halides is 3. The van der Waals surface area contributed by atoms with Crippen molar-refractivity contribution < 1.29 is 30.7 Å². The van der Waals surface area contributed by atoms with Crippen molar-refractivity contribution in [2.24, 2.45) is 0 Å². The Morgan fingerprint density at radius 1 is 1.11 bits per heavy atom. The van der Waals surface area contributed by atoms with E-state index in [4.69, 9.17) is 0 Å². The number of sulfonamides is 1. The Morgan fingerprint density at radius 2 is 1.74 bits per heavy atom. The largest absolute Gasteiger partial charge is 0.573 e. The molecule has 1 N–H and O–H groups in total. The second-order valence-corrected chi connectivity index (χ2v) is 7.67. The minimum absolute atomic E-state index is 0.0560. The van der Waals surface area contributed by atoms with E-state index in [1.54, 1.807) is 25.1 Å². The number of hydrogen-bond acceptors (Lipinski definition) is 4. The zero-order valence-electron chi connectivity index (χ0n) is 14.5. The van der Waals surface area contributed by atoms with Gasteiger partial charge in [-0.15, -0.1) is 13.2 Å². The van der Waals surface area contributed by atoms with Crippen molar-refractivity contribution in [2.45, 2.75) is 17.3 Å². The van der Waals surface area contributed by atoms with Crippen LogP contribution in [0.5, 0.6) is 5.75 Å². The molecule has 0 fully saturated rings. The van der Waals surface area contributed by atoms with Crippen molar-refractivity contribution in [1.29, 1.82) is 0 Å². The highest BCUT2D eigenvalue weighted by Crippen LogP contribution is 2.24. The van der Waals surface area contributed by atoms with Gasteiger partial charge < -0.3 is 9.64 Å². The monoisotopic (exact) mass is 406 g/mol. The Morgan fingerprint density at radius 3 is 2.26 bits per heavy atom. The van der Waals surface area contributed by atoms with E-state index in [2.05, 4.69) is 9.46 Å². The molecule has 0 spiro atoms. The second-order valence-electron chi connectivity index (χ2n) is 5.91. The third kappa shape index (κ3) is 6.19. The Hall–Kier alpha value is -2.17. The maximum Gasteiger partial charge on any atom is 0.573 e. The number of nitrogens with one attached hydrogen (secondary N) is 1. The molecule has 1 unspecified atom stereocenters. The molecule has 0 aliphatic rings. The van der Waals surface area contributed by atoms with E-state index in [0.29, 0.717) is 5.56 Å². The molecule has 1 atom stereocenters. The van der Waals surface area contributed by atoms with Crippen LogP contribution in [0.1, 0.15) is 11.6 Å². The van der Waals surface area contributed by atoms with E-state index in [1.807, 2.05) is 0 Å². The van der Waals surface area contributed by atoms with E-state index < -0.39 is 34.0 Å². The molecule has 0 aromatic heterocycles. The first-order valence-electron chi connectivity index (χ1n) is 7.75. The lowest BCUT2D eigenvalue weighted by Gasteiger charge is -2.25. The average molecular weight is 406 g/mol. The molecule has 0 saturated carbocycles. The zero-order valence-corrected chi connectivity index (χ0v) is 15.3. The summed E-state index contributed by atoms with van der Waals surface area (Å²) in [5.41, 5.74) is 0.580. The van der Waals surface area contributed by atoms with E-state index in [9.17, 15) is 26.0 Å².